The van der Waals surface area contributed by atoms with Crippen LogP contribution in [0.2, 0.25) is 0 Å². The number of rotatable bonds is 5. The zero-order valence-electron chi connectivity index (χ0n) is 12.0. The predicted molar refractivity (Wildman–Crippen MR) is 76.2 cm³/mol. The molecule has 0 radical (unpaired) electrons. The number of hydrogen-bond acceptors (Lipinski definition) is 2. The molecule has 0 saturated heterocycles. The van der Waals surface area contributed by atoms with Crippen LogP contribution in [0.3, 0.4) is 0 Å². The van der Waals surface area contributed by atoms with E-state index in [2.05, 4.69) is 44.3 Å². The third kappa shape index (κ3) is 2.26. The lowest BCUT2D eigenvalue weighted by Crippen LogP contribution is -2.55. The molecule has 1 aliphatic carbocycles. The first-order valence-corrected chi connectivity index (χ1v) is 6.97. The molecule has 2 rings (SSSR count). The van der Waals surface area contributed by atoms with E-state index in [1.165, 1.54) is 18.4 Å². The van der Waals surface area contributed by atoms with Crippen molar-refractivity contribution in [3.63, 3.8) is 0 Å². The van der Waals surface area contributed by atoms with Gasteiger partial charge < -0.3 is 10.1 Å². The molecule has 1 fully saturated rings. The van der Waals surface area contributed by atoms with Gasteiger partial charge in [-0.3, -0.25) is 0 Å². The molecular formula is C16H25NO. The molecule has 2 unspecified atom stereocenters. The molecule has 0 heterocycles. The van der Waals surface area contributed by atoms with Crippen molar-refractivity contribution in [2.24, 2.45) is 5.41 Å². The van der Waals surface area contributed by atoms with Gasteiger partial charge in [-0.1, -0.05) is 39.0 Å². The molecule has 1 aromatic carbocycles. The topological polar surface area (TPSA) is 21.3 Å². The summed E-state index contributed by atoms with van der Waals surface area (Å²) in [5.41, 5.74) is 1.67. The van der Waals surface area contributed by atoms with Crippen LogP contribution in [0.5, 0.6) is 5.75 Å². The molecule has 1 aromatic rings. The number of methoxy groups -OCH3 is 1. The Labute approximate surface area is 111 Å². The maximum atomic E-state index is 5.49. The number of nitrogens with one attached hydrogen (secondary N) is 1. The monoisotopic (exact) mass is 247 g/mol. The van der Waals surface area contributed by atoms with E-state index in [9.17, 15) is 0 Å². The van der Waals surface area contributed by atoms with Crippen molar-refractivity contribution >= 4 is 0 Å². The number of benzene rings is 1. The van der Waals surface area contributed by atoms with Crippen LogP contribution in [-0.2, 0) is 0 Å². The van der Waals surface area contributed by atoms with Crippen molar-refractivity contribution in [3.8, 4) is 5.75 Å². The van der Waals surface area contributed by atoms with Crippen LogP contribution in [0.1, 0.15) is 45.1 Å². The lowest BCUT2D eigenvalue weighted by molar-refractivity contribution is 0.0678. The van der Waals surface area contributed by atoms with Gasteiger partial charge in [-0.05, 0) is 42.3 Å². The van der Waals surface area contributed by atoms with E-state index in [0.717, 1.165) is 12.3 Å². The SMILES string of the molecule is CCCNC1CC(c2ccccc2OC)C1(C)C. The highest BCUT2D eigenvalue weighted by molar-refractivity contribution is 5.39. The van der Waals surface area contributed by atoms with Gasteiger partial charge in [0.15, 0.2) is 0 Å². The Bertz CT molecular complexity index is 400. The summed E-state index contributed by atoms with van der Waals surface area (Å²) < 4.78 is 5.49. The van der Waals surface area contributed by atoms with Crippen molar-refractivity contribution in [2.45, 2.75) is 45.6 Å². The van der Waals surface area contributed by atoms with Crippen molar-refractivity contribution in [2.75, 3.05) is 13.7 Å². The Hall–Kier alpha value is -1.02. The van der Waals surface area contributed by atoms with Gasteiger partial charge in [0.2, 0.25) is 0 Å². The number of hydrogen-bond donors (Lipinski definition) is 1. The average Bonchev–Trinajstić information content (AvgIpc) is 2.38. The van der Waals surface area contributed by atoms with E-state index in [1.807, 2.05) is 6.07 Å². The normalized spacial score (nSPS) is 25.6. The van der Waals surface area contributed by atoms with Gasteiger partial charge in [-0.2, -0.15) is 0 Å². The second-order valence-electron chi connectivity index (χ2n) is 5.86. The molecule has 1 N–H and O–H groups in total. The van der Waals surface area contributed by atoms with Gasteiger partial charge in [0, 0.05) is 6.04 Å². The fraction of sp³-hybridized carbons (Fsp3) is 0.625. The quantitative estimate of drug-likeness (QED) is 0.858. The summed E-state index contributed by atoms with van der Waals surface area (Å²) in [5, 5.41) is 3.66. The van der Waals surface area contributed by atoms with Crippen LogP contribution in [0.4, 0.5) is 0 Å². The Morgan fingerprint density at radius 3 is 2.67 bits per heavy atom. The standard InChI is InChI=1S/C16H25NO/c1-5-10-17-15-11-13(16(15,2)3)12-8-6-7-9-14(12)18-4/h6-9,13,15,17H,5,10-11H2,1-4H3. The maximum absolute atomic E-state index is 5.49. The molecule has 100 valence electrons. The summed E-state index contributed by atoms with van der Waals surface area (Å²) in [6.07, 6.45) is 2.42. The Morgan fingerprint density at radius 2 is 2.06 bits per heavy atom. The Morgan fingerprint density at radius 1 is 1.33 bits per heavy atom. The number of ether oxygens (including phenoxy) is 1. The number of para-hydroxylation sites is 1. The van der Waals surface area contributed by atoms with Gasteiger partial charge in [0.05, 0.1) is 7.11 Å². The Balaban J connectivity index is 2.12. The summed E-state index contributed by atoms with van der Waals surface area (Å²) in [6, 6.07) is 9.06. The second-order valence-corrected chi connectivity index (χ2v) is 5.86. The van der Waals surface area contributed by atoms with E-state index in [1.54, 1.807) is 7.11 Å². The predicted octanol–water partition coefficient (Wildman–Crippen LogP) is 3.58. The lowest BCUT2D eigenvalue weighted by atomic mass is 9.56. The van der Waals surface area contributed by atoms with Gasteiger partial charge in [0.1, 0.15) is 5.75 Å². The minimum atomic E-state index is 0.309. The molecule has 2 atom stereocenters. The smallest absolute Gasteiger partial charge is 0.122 e. The summed E-state index contributed by atoms with van der Waals surface area (Å²) in [4.78, 5) is 0. The first-order chi connectivity index (χ1) is 8.61. The summed E-state index contributed by atoms with van der Waals surface area (Å²) >= 11 is 0. The van der Waals surface area contributed by atoms with Crippen LogP contribution in [0, 0.1) is 5.41 Å². The molecule has 0 amide bonds. The lowest BCUT2D eigenvalue weighted by Gasteiger charge is -2.53. The molecule has 1 saturated carbocycles. The molecular weight excluding hydrogens is 222 g/mol. The molecule has 2 nitrogen and oxygen atoms in total. The zero-order chi connectivity index (χ0) is 13.2. The van der Waals surface area contributed by atoms with E-state index >= 15 is 0 Å². The minimum absolute atomic E-state index is 0.309. The maximum Gasteiger partial charge on any atom is 0.122 e. The van der Waals surface area contributed by atoms with Crippen LogP contribution >= 0.6 is 0 Å². The first-order valence-electron chi connectivity index (χ1n) is 6.97. The zero-order valence-corrected chi connectivity index (χ0v) is 12.0. The van der Waals surface area contributed by atoms with Crippen LogP contribution in [0.15, 0.2) is 24.3 Å². The van der Waals surface area contributed by atoms with Crippen LogP contribution in [0.25, 0.3) is 0 Å². The van der Waals surface area contributed by atoms with E-state index in [-0.39, 0.29) is 0 Å². The molecule has 0 aromatic heterocycles. The molecule has 18 heavy (non-hydrogen) atoms. The molecule has 2 heteroatoms. The second kappa shape index (κ2) is 5.31. The largest absolute Gasteiger partial charge is 0.496 e. The molecule has 0 aliphatic heterocycles. The molecule has 0 bridgehead atoms. The highest BCUT2D eigenvalue weighted by Gasteiger charge is 2.48. The van der Waals surface area contributed by atoms with E-state index in [4.69, 9.17) is 4.74 Å². The van der Waals surface area contributed by atoms with Gasteiger partial charge >= 0.3 is 0 Å². The third-order valence-electron chi connectivity index (χ3n) is 4.42. The van der Waals surface area contributed by atoms with E-state index < -0.39 is 0 Å². The minimum Gasteiger partial charge on any atom is -0.496 e. The summed E-state index contributed by atoms with van der Waals surface area (Å²) in [7, 11) is 1.76. The average molecular weight is 247 g/mol. The van der Waals surface area contributed by atoms with Crippen molar-refractivity contribution in [3.05, 3.63) is 29.8 Å². The van der Waals surface area contributed by atoms with Crippen LogP contribution < -0.4 is 10.1 Å². The highest BCUT2D eigenvalue weighted by Crippen LogP contribution is 2.54. The van der Waals surface area contributed by atoms with Crippen molar-refractivity contribution in [1.82, 2.24) is 5.32 Å². The highest BCUT2D eigenvalue weighted by atomic mass is 16.5. The summed E-state index contributed by atoms with van der Waals surface area (Å²) in [6.45, 7) is 8.06. The van der Waals surface area contributed by atoms with Gasteiger partial charge in [-0.25, -0.2) is 0 Å². The fourth-order valence-corrected chi connectivity index (χ4v) is 3.07. The van der Waals surface area contributed by atoms with Crippen molar-refractivity contribution in [1.29, 1.82) is 0 Å². The molecule has 1 aliphatic rings. The van der Waals surface area contributed by atoms with E-state index in [0.29, 0.717) is 17.4 Å². The Kier molecular flexibility index (Phi) is 3.96. The van der Waals surface area contributed by atoms with Gasteiger partial charge in [0.25, 0.3) is 0 Å². The first kappa shape index (κ1) is 13.4. The van der Waals surface area contributed by atoms with Crippen LogP contribution in [-0.4, -0.2) is 19.7 Å². The third-order valence-corrected chi connectivity index (χ3v) is 4.42. The molecule has 0 spiro atoms. The fourth-order valence-electron chi connectivity index (χ4n) is 3.07. The van der Waals surface area contributed by atoms with Gasteiger partial charge in [-0.15, -0.1) is 0 Å². The van der Waals surface area contributed by atoms with Crippen molar-refractivity contribution < 1.29 is 4.74 Å². The summed E-state index contributed by atoms with van der Waals surface area (Å²) in [5.74, 6) is 1.63.